The highest BCUT2D eigenvalue weighted by Crippen LogP contribution is 2.37. The van der Waals surface area contributed by atoms with E-state index in [0.29, 0.717) is 24.2 Å². The Labute approximate surface area is 387 Å². The van der Waals surface area contributed by atoms with E-state index in [1.807, 2.05) is 159 Å². The quantitative estimate of drug-likeness (QED) is 0.102. The summed E-state index contributed by atoms with van der Waals surface area (Å²) < 4.78 is 12.0. The third-order valence-electron chi connectivity index (χ3n) is 12.1. The third kappa shape index (κ3) is 10.8. The van der Waals surface area contributed by atoms with Crippen LogP contribution in [0, 0.1) is 20.8 Å². The van der Waals surface area contributed by atoms with Gasteiger partial charge >= 0.3 is 7.12 Å². The molecule has 1 aliphatic rings. The van der Waals surface area contributed by atoms with Gasteiger partial charge in [0.15, 0.2) is 0 Å². The molecule has 6 aromatic heterocycles. The van der Waals surface area contributed by atoms with Gasteiger partial charge in [-0.2, -0.15) is 0 Å². The first-order valence-corrected chi connectivity index (χ1v) is 22.3. The Balaban J connectivity index is 0.000000154. The smallest absolute Gasteiger partial charge is 0.399 e. The number of H-pyrrole nitrogens is 2. The fourth-order valence-electron chi connectivity index (χ4n) is 7.61. The van der Waals surface area contributed by atoms with Crippen molar-refractivity contribution in [2.75, 3.05) is 54.4 Å². The molecule has 342 valence electrons. The van der Waals surface area contributed by atoms with Gasteiger partial charge in [0.2, 0.25) is 0 Å². The molecule has 9 rings (SSSR count). The Kier molecular flexibility index (Phi) is 14.3. The second kappa shape index (κ2) is 19.9. The van der Waals surface area contributed by atoms with E-state index < -0.39 is 7.12 Å². The van der Waals surface area contributed by atoms with Crippen LogP contribution in [0.1, 0.15) is 65.4 Å². The van der Waals surface area contributed by atoms with Crippen LogP contribution in [-0.2, 0) is 9.31 Å². The number of nitrogens with one attached hydrogen (secondary N) is 4. The number of aromatic amines is 2. The summed E-state index contributed by atoms with van der Waals surface area (Å²) in [4.78, 5) is 52.5. The Bertz CT molecular complexity index is 2960. The van der Waals surface area contributed by atoms with Gasteiger partial charge in [0.1, 0.15) is 11.3 Å². The molecular formula is C51H61BN10O4. The monoisotopic (exact) mass is 888 g/mol. The molecule has 8 aromatic rings. The predicted molar refractivity (Wildman–Crippen MR) is 266 cm³/mol. The summed E-state index contributed by atoms with van der Waals surface area (Å²) in [6.07, 6.45) is 7.34. The first-order chi connectivity index (χ1) is 31.4. The zero-order valence-corrected chi connectivity index (χ0v) is 40.0. The number of amides is 2. The molecule has 15 heteroatoms. The van der Waals surface area contributed by atoms with Crippen LogP contribution in [-0.4, -0.2) is 124 Å². The number of fused-ring (bicyclic) bond motifs is 6. The number of aromatic nitrogens is 6. The van der Waals surface area contributed by atoms with Gasteiger partial charge in [-0.05, 0) is 147 Å². The van der Waals surface area contributed by atoms with E-state index in [4.69, 9.17) is 9.31 Å². The van der Waals surface area contributed by atoms with E-state index in [9.17, 15) is 9.59 Å². The van der Waals surface area contributed by atoms with Gasteiger partial charge in [0.25, 0.3) is 11.8 Å². The molecule has 0 bridgehead atoms. The second-order valence-electron chi connectivity index (χ2n) is 18.3. The number of pyridine rings is 4. The van der Waals surface area contributed by atoms with E-state index in [-0.39, 0.29) is 23.0 Å². The highest BCUT2D eigenvalue weighted by molar-refractivity contribution is 6.62. The Morgan fingerprint density at radius 2 is 1.08 bits per heavy atom. The number of hydrogen-bond acceptors (Lipinski definition) is 10. The normalized spacial score (nSPS) is 14.1. The van der Waals surface area contributed by atoms with Crippen LogP contribution >= 0.6 is 0 Å². The molecule has 0 aliphatic carbocycles. The van der Waals surface area contributed by atoms with Crippen LogP contribution in [0.2, 0.25) is 0 Å². The number of aryl methyl sites for hydroxylation is 3. The van der Waals surface area contributed by atoms with Crippen molar-refractivity contribution in [1.29, 1.82) is 0 Å². The maximum atomic E-state index is 12.3. The highest BCUT2D eigenvalue weighted by Gasteiger charge is 2.51. The van der Waals surface area contributed by atoms with Gasteiger partial charge in [-0.25, -0.2) is 9.97 Å². The molecule has 2 aromatic carbocycles. The van der Waals surface area contributed by atoms with Crippen molar-refractivity contribution in [2.45, 2.75) is 59.7 Å². The molecule has 1 aliphatic heterocycles. The summed E-state index contributed by atoms with van der Waals surface area (Å²) in [5.74, 6) is -0.116. The van der Waals surface area contributed by atoms with E-state index >= 15 is 0 Å². The van der Waals surface area contributed by atoms with Crippen molar-refractivity contribution in [3.8, 4) is 11.1 Å². The first-order valence-electron chi connectivity index (χ1n) is 22.3. The van der Waals surface area contributed by atoms with Crippen LogP contribution in [0.3, 0.4) is 0 Å². The van der Waals surface area contributed by atoms with Gasteiger partial charge in [0, 0.05) is 82.6 Å². The Morgan fingerprint density at radius 3 is 1.58 bits per heavy atom. The lowest BCUT2D eigenvalue weighted by Crippen LogP contribution is -2.41. The van der Waals surface area contributed by atoms with E-state index in [2.05, 4.69) is 59.6 Å². The topological polar surface area (TPSA) is 166 Å². The molecule has 0 atom stereocenters. The van der Waals surface area contributed by atoms with Gasteiger partial charge in [-0.3, -0.25) is 19.6 Å². The zero-order valence-electron chi connectivity index (χ0n) is 40.0. The summed E-state index contributed by atoms with van der Waals surface area (Å²) in [6, 6.07) is 23.3. The minimum atomic E-state index is -0.397. The average Bonchev–Trinajstić information content (AvgIpc) is 3.91. The second-order valence-corrected chi connectivity index (χ2v) is 18.3. The fourth-order valence-corrected chi connectivity index (χ4v) is 7.61. The fraction of sp³-hybridized carbons (Fsp3) is 0.333. The van der Waals surface area contributed by atoms with Crippen LogP contribution in [0.25, 0.3) is 55.0 Å². The summed E-state index contributed by atoms with van der Waals surface area (Å²) in [6.45, 7) is 17.1. The molecule has 0 spiro atoms. The number of carbonyl (C=O) groups excluding carboxylic acids is 2. The van der Waals surface area contributed by atoms with Crippen molar-refractivity contribution >= 4 is 68.3 Å². The molecule has 4 N–H and O–H groups in total. The molecule has 0 unspecified atom stereocenters. The van der Waals surface area contributed by atoms with Gasteiger partial charge in [-0.1, -0.05) is 24.3 Å². The SMILES string of the molecule is CN(C)CCNC(=O)c1ccc(B2OC(C)(C)C(C)(C)O2)cc1.Cc1cc2c(cn1)[nH]c1nccc(-c3ccc(C(=O)NCCN(C)C)cc3)c12.Cc1cc2c(cn1)[nH]c1nccc(C)c12. The summed E-state index contributed by atoms with van der Waals surface area (Å²) in [5, 5.41) is 10.4. The van der Waals surface area contributed by atoms with Crippen molar-refractivity contribution in [2.24, 2.45) is 0 Å². The molecule has 1 fully saturated rings. The number of benzene rings is 2. The number of carbonyl (C=O) groups is 2. The van der Waals surface area contributed by atoms with Crippen LogP contribution in [0.4, 0.5) is 0 Å². The van der Waals surface area contributed by atoms with Crippen molar-refractivity contribution in [3.05, 3.63) is 126 Å². The maximum absolute atomic E-state index is 12.3. The third-order valence-corrected chi connectivity index (χ3v) is 12.1. The summed E-state index contributed by atoms with van der Waals surface area (Å²) in [5.41, 5.74) is 10.7. The maximum Gasteiger partial charge on any atom is 0.494 e. The van der Waals surface area contributed by atoms with Gasteiger partial charge in [-0.15, -0.1) is 0 Å². The zero-order chi connectivity index (χ0) is 47.3. The first kappa shape index (κ1) is 47.4. The summed E-state index contributed by atoms with van der Waals surface area (Å²) in [7, 11) is 7.53. The van der Waals surface area contributed by atoms with Crippen molar-refractivity contribution < 1.29 is 18.9 Å². The van der Waals surface area contributed by atoms with Crippen LogP contribution < -0.4 is 16.1 Å². The number of rotatable bonds is 10. The van der Waals surface area contributed by atoms with E-state index in [0.717, 1.165) is 74.2 Å². The van der Waals surface area contributed by atoms with Crippen molar-refractivity contribution in [1.82, 2.24) is 50.3 Å². The standard InChI is InChI=1S/C22H23N5O.C17H27BN2O3.C12H11N3/c1-14-12-18-19(13-25-14)26-21-20(18)17(8-9-23-21)15-4-6-16(7-5-15)22(28)24-10-11-27(2)3;1-16(2)17(3,4)23-18(22-16)14-9-7-13(8-10-14)15(21)19-11-12-20(5)6;1-7-3-4-13-12-11(7)9-5-8(2)14-6-10(9)15-12/h4-9,12-13H,10-11H2,1-3H3,(H,23,26)(H,24,28);7-10H,11-12H2,1-6H3,(H,19,21);3-6H,1-2H3,(H,13,15). The Hall–Kier alpha value is -6.52. The van der Waals surface area contributed by atoms with E-state index in [1.165, 1.54) is 16.3 Å². The molecule has 7 heterocycles. The lowest BCUT2D eigenvalue weighted by Gasteiger charge is -2.32. The van der Waals surface area contributed by atoms with Crippen LogP contribution in [0.15, 0.2) is 97.6 Å². The minimum Gasteiger partial charge on any atom is -0.399 e. The van der Waals surface area contributed by atoms with Crippen molar-refractivity contribution in [3.63, 3.8) is 0 Å². The molecular weight excluding hydrogens is 827 g/mol. The lowest BCUT2D eigenvalue weighted by molar-refractivity contribution is 0.00578. The molecule has 2 amide bonds. The molecule has 1 saturated heterocycles. The molecule has 0 radical (unpaired) electrons. The Morgan fingerprint density at radius 1 is 0.621 bits per heavy atom. The number of likely N-dealkylation sites (N-methyl/N-ethyl adjacent to an activating group) is 2. The van der Waals surface area contributed by atoms with Crippen LogP contribution in [0.5, 0.6) is 0 Å². The summed E-state index contributed by atoms with van der Waals surface area (Å²) >= 11 is 0. The molecule has 66 heavy (non-hydrogen) atoms. The van der Waals surface area contributed by atoms with Gasteiger partial charge < -0.3 is 39.7 Å². The lowest BCUT2D eigenvalue weighted by atomic mass is 9.79. The predicted octanol–water partition coefficient (Wildman–Crippen LogP) is 7.38. The largest absolute Gasteiger partial charge is 0.494 e. The average molecular weight is 889 g/mol. The number of nitrogens with zero attached hydrogens (tertiary/aromatic N) is 6. The minimum absolute atomic E-state index is 0.0536. The molecule has 0 saturated carbocycles. The van der Waals surface area contributed by atoms with E-state index in [1.54, 1.807) is 6.20 Å². The molecule has 14 nitrogen and oxygen atoms in total. The highest BCUT2D eigenvalue weighted by atomic mass is 16.7. The number of hydrogen-bond donors (Lipinski definition) is 4. The van der Waals surface area contributed by atoms with Gasteiger partial charge in [0.05, 0.1) is 34.6 Å².